The van der Waals surface area contributed by atoms with Crippen LogP contribution in [-0.2, 0) is 4.74 Å². The molecule has 0 aliphatic heterocycles. The van der Waals surface area contributed by atoms with Crippen molar-refractivity contribution in [2.75, 3.05) is 33.9 Å². The average molecular weight is 284 g/mol. The molecule has 0 heterocycles. The maximum atomic E-state index is 5.32. The number of hydrogen-bond donors (Lipinski definition) is 1. The van der Waals surface area contributed by atoms with Gasteiger partial charge in [0.25, 0.3) is 0 Å². The quantitative estimate of drug-likeness (QED) is 0.704. The zero-order chi connectivity index (χ0) is 15.0. The maximum Gasteiger partial charge on any atom is 0.0589 e. The van der Waals surface area contributed by atoms with Gasteiger partial charge in [-0.25, -0.2) is 0 Å². The van der Waals surface area contributed by atoms with Crippen LogP contribution in [0.5, 0.6) is 0 Å². The molecular weight excluding hydrogens is 248 g/mol. The Hall–Kier alpha value is -0.120. The summed E-state index contributed by atoms with van der Waals surface area (Å²) < 4.78 is 5.32. The second-order valence-corrected chi connectivity index (χ2v) is 6.53. The van der Waals surface area contributed by atoms with Gasteiger partial charge < -0.3 is 10.1 Å². The van der Waals surface area contributed by atoms with Gasteiger partial charge in [-0.05, 0) is 51.0 Å². The summed E-state index contributed by atoms with van der Waals surface area (Å²) in [6.45, 7) is 10.2. The van der Waals surface area contributed by atoms with Crippen molar-refractivity contribution in [3.63, 3.8) is 0 Å². The Morgan fingerprint density at radius 2 is 1.95 bits per heavy atom. The van der Waals surface area contributed by atoms with Crippen LogP contribution >= 0.6 is 0 Å². The summed E-state index contributed by atoms with van der Waals surface area (Å²) in [6.07, 6.45) is 6.57. The van der Waals surface area contributed by atoms with E-state index in [0.29, 0.717) is 12.1 Å². The van der Waals surface area contributed by atoms with Crippen molar-refractivity contribution in [3.05, 3.63) is 0 Å². The summed E-state index contributed by atoms with van der Waals surface area (Å²) in [6, 6.07) is 1.41. The number of nitrogens with one attached hydrogen (secondary N) is 1. The molecule has 3 unspecified atom stereocenters. The third-order valence-electron chi connectivity index (χ3n) is 5.13. The first kappa shape index (κ1) is 17.9. The lowest BCUT2D eigenvalue weighted by molar-refractivity contribution is 0.0790. The van der Waals surface area contributed by atoms with E-state index in [1.165, 1.54) is 38.6 Å². The van der Waals surface area contributed by atoms with E-state index >= 15 is 0 Å². The number of ether oxygens (including phenoxy) is 1. The average Bonchev–Trinajstić information content (AvgIpc) is 2.46. The predicted molar refractivity (Wildman–Crippen MR) is 87.2 cm³/mol. The van der Waals surface area contributed by atoms with Gasteiger partial charge in [0.15, 0.2) is 0 Å². The van der Waals surface area contributed by atoms with Gasteiger partial charge in [-0.3, -0.25) is 4.90 Å². The smallest absolute Gasteiger partial charge is 0.0589 e. The molecule has 1 saturated carbocycles. The Morgan fingerprint density at radius 1 is 1.25 bits per heavy atom. The molecule has 0 aromatic rings. The molecule has 0 aromatic heterocycles. The summed E-state index contributed by atoms with van der Waals surface area (Å²) in [5.41, 5.74) is 0. The molecule has 3 heteroatoms. The topological polar surface area (TPSA) is 24.5 Å². The summed E-state index contributed by atoms with van der Waals surface area (Å²) in [7, 11) is 3.94. The maximum absolute atomic E-state index is 5.32. The SMILES string of the molecule is CCC(CC)N(CCOC)CC1CC(C)CCC1NC. The van der Waals surface area contributed by atoms with Gasteiger partial charge in [-0.15, -0.1) is 0 Å². The molecule has 1 aliphatic carbocycles. The van der Waals surface area contributed by atoms with Crippen LogP contribution in [0.25, 0.3) is 0 Å². The van der Waals surface area contributed by atoms with E-state index in [2.05, 4.69) is 38.0 Å². The van der Waals surface area contributed by atoms with E-state index < -0.39 is 0 Å². The van der Waals surface area contributed by atoms with E-state index in [9.17, 15) is 0 Å². The van der Waals surface area contributed by atoms with Crippen LogP contribution in [0, 0.1) is 11.8 Å². The van der Waals surface area contributed by atoms with Crippen LogP contribution in [-0.4, -0.2) is 50.8 Å². The van der Waals surface area contributed by atoms with Crippen molar-refractivity contribution in [2.24, 2.45) is 11.8 Å². The summed E-state index contributed by atoms with van der Waals surface area (Å²) in [4.78, 5) is 2.68. The van der Waals surface area contributed by atoms with Crippen LogP contribution in [0.15, 0.2) is 0 Å². The molecule has 0 bridgehead atoms. The Labute approximate surface area is 126 Å². The van der Waals surface area contributed by atoms with E-state index in [-0.39, 0.29) is 0 Å². The third kappa shape index (κ3) is 5.34. The highest BCUT2D eigenvalue weighted by Crippen LogP contribution is 2.30. The Balaban J connectivity index is 2.64. The van der Waals surface area contributed by atoms with Crippen molar-refractivity contribution in [3.8, 4) is 0 Å². The zero-order valence-electron chi connectivity index (χ0n) is 14.3. The Kier molecular flexibility index (Phi) is 8.74. The lowest BCUT2D eigenvalue weighted by Crippen LogP contribution is -2.47. The normalized spacial score (nSPS) is 27.4. The Morgan fingerprint density at radius 3 is 2.50 bits per heavy atom. The van der Waals surface area contributed by atoms with Crippen molar-refractivity contribution in [1.82, 2.24) is 10.2 Å². The molecule has 120 valence electrons. The van der Waals surface area contributed by atoms with Crippen LogP contribution in [0.3, 0.4) is 0 Å². The molecule has 0 spiro atoms. The highest BCUT2D eigenvalue weighted by Gasteiger charge is 2.30. The van der Waals surface area contributed by atoms with E-state index in [1.807, 2.05) is 7.11 Å². The number of hydrogen-bond acceptors (Lipinski definition) is 3. The van der Waals surface area contributed by atoms with Gasteiger partial charge in [0.05, 0.1) is 6.61 Å². The molecule has 1 N–H and O–H groups in total. The minimum absolute atomic E-state index is 0.700. The molecule has 0 amide bonds. The van der Waals surface area contributed by atoms with Gasteiger partial charge in [0.1, 0.15) is 0 Å². The van der Waals surface area contributed by atoms with E-state index in [4.69, 9.17) is 4.74 Å². The fraction of sp³-hybridized carbons (Fsp3) is 1.00. The summed E-state index contributed by atoms with van der Waals surface area (Å²) in [5, 5.41) is 3.55. The first-order valence-corrected chi connectivity index (χ1v) is 8.56. The monoisotopic (exact) mass is 284 g/mol. The van der Waals surface area contributed by atoms with Gasteiger partial charge in [-0.2, -0.15) is 0 Å². The largest absolute Gasteiger partial charge is 0.383 e. The minimum Gasteiger partial charge on any atom is -0.383 e. The number of methoxy groups -OCH3 is 1. The molecule has 0 saturated heterocycles. The standard InChI is InChI=1S/C17H36N2O/c1-6-16(7-2)19(10-11-20-5)13-15-12-14(3)8-9-17(15)18-4/h14-18H,6-13H2,1-5H3. The molecule has 20 heavy (non-hydrogen) atoms. The van der Waals surface area contributed by atoms with Crippen molar-refractivity contribution in [2.45, 2.75) is 65.0 Å². The van der Waals surface area contributed by atoms with Crippen molar-refractivity contribution < 1.29 is 4.74 Å². The molecule has 3 atom stereocenters. The van der Waals surface area contributed by atoms with E-state index in [1.54, 1.807) is 0 Å². The zero-order valence-corrected chi connectivity index (χ0v) is 14.3. The molecule has 1 fully saturated rings. The lowest BCUT2D eigenvalue weighted by Gasteiger charge is -2.40. The first-order valence-electron chi connectivity index (χ1n) is 8.56. The third-order valence-corrected chi connectivity index (χ3v) is 5.13. The summed E-state index contributed by atoms with van der Waals surface area (Å²) in [5.74, 6) is 1.68. The van der Waals surface area contributed by atoms with Crippen LogP contribution in [0.1, 0.15) is 52.9 Å². The molecular formula is C17H36N2O. The van der Waals surface area contributed by atoms with Gasteiger partial charge in [0.2, 0.25) is 0 Å². The van der Waals surface area contributed by atoms with Crippen molar-refractivity contribution in [1.29, 1.82) is 0 Å². The van der Waals surface area contributed by atoms with Gasteiger partial charge in [0, 0.05) is 32.3 Å². The first-order chi connectivity index (χ1) is 9.65. The minimum atomic E-state index is 0.700. The van der Waals surface area contributed by atoms with Gasteiger partial charge >= 0.3 is 0 Å². The molecule has 1 rings (SSSR count). The summed E-state index contributed by atoms with van der Waals surface area (Å²) >= 11 is 0. The van der Waals surface area contributed by atoms with Crippen LogP contribution in [0.2, 0.25) is 0 Å². The lowest BCUT2D eigenvalue weighted by atomic mass is 9.78. The molecule has 1 aliphatic rings. The number of rotatable bonds is 9. The molecule has 0 radical (unpaired) electrons. The number of nitrogens with zero attached hydrogens (tertiary/aromatic N) is 1. The second-order valence-electron chi connectivity index (χ2n) is 6.53. The Bertz CT molecular complexity index is 243. The van der Waals surface area contributed by atoms with E-state index in [0.717, 1.165) is 25.0 Å². The highest BCUT2D eigenvalue weighted by atomic mass is 16.5. The second kappa shape index (κ2) is 9.75. The predicted octanol–water partition coefficient (Wildman–Crippen LogP) is 3.15. The fourth-order valence-corrected chi connectivity index (χ4v) is 3.82. The fourth-order valence-electron chi connectivity index (χ4n) is 3.82. The molecule has 3 nitrogen and oxygen atoms in total. The molecule has 0 aromatic carbocycles. The van der Waals surface area contributed by atoms with Crippen molar-refractivity contribution >= 4 is 0 Å². The van der Waals surface area contributed by atoms with Gasteiger partial charge in [-0.1, -0.05) is 20.8 Å². The van der Waals surface area contributed by atoms with Crippen LogP contribution < -0.4 is 5.32 Å². The highest BCUT2D eigenvalue weighted by molar-refractivity contribution is 4.86. The van der Waals surface area contributed by atoms with Crippen LogP contribution in [0.4, 0.5) is 0 Å².